The standard InChI is InChI=1S/C23H23N7O2/c1-13(2)27-23(32-24)19-11-16-10-15(7-8-18(16)29-19)20-14(3)28-21(30-20)22(31)26-12-17-6-4-5-9-25-17/h4-11,29H,1,12,24H2,2-3H3,(H,26,31)(H,28,30)/b27-23-. The number of aromatic nitrogens is 4. The number of allylic oxidation sites excluding steroid dienone is 1. The molecule has 3 heterocycles. The molecule has 0 unspecified atom stereocenters. The zero-order chi connectivity index (χ0) is 22.7. The molecule has 9 heteroatoms. The first-order valence-corrected chi connectivity index (χ1v) is 9.93. The Balaban J connectivity index is 1.58. The second-order valence-electron chi connectivity index (χ2n) is 7.32. The van der Waals surface area contributed by atoms with Gasteiger partial charge < -0.3 is 20.1 Å². The predicted octanol–water partition coefficient (Wildman–Crippen LogP) is 3.36. The normalized spacial score (nSPS) is 11.5. The largest absolute Gasteiger partial charge is 0.389 e. The maximum atomic E-state index is 12.5. The minimum absolute atomic E-state index is 0.246. The molecular formula is C23H23N7O2. The van der Waals surface area contributed by atoms with E-state index in [4.69, 9.17) is 10.7 Å². The van der Waals surface area contributed by atoms with Crippen LogP contribution in [0.4, 0.5) is 0 Å². The van der Waals surface area contributed by atoms with E-state index in [-0.39, 0.29) is 17.6 Å². The molecule has 0 spiro atoms. The van der Waals surface area contributed by atoms with Gasteiger partial charge in [0, 0.05) is 34.1 Å². The van der Waals surface area contributed by atoms with Crippen LogP contribution in [0.15, 0.2) is 65.9 Å². The van der Waals surface area contributed by atoms with Crippen molar-refractivity contribution < 1.29 is 9.63 Å². The van der Waals surface area contributed by atoms with Crippen LogP contribution >= 0.6 is 0 Å². The number of fused-ring (bicyclic) bond motifs is 1. The number of hydrogen-bond donors (Lipinski definition) is 4. The Hall–Kier alpha value is -4.24. The van der Waals surface area contributed by atoms with Gasteiger partial charge in [-0.05, 0) is 44.2 Å². The maximum Gasteiger partial charge on any atom is 0.287 e. The number of aliphatic imine (C=N–C) groups is 1. The third-order valence-electron chi connectivity index (χ3n) is 4.78. The second kappa shape index (κ2) is 8.86. The number of carbonyl (C=O) groups is 1. The number of carbonyl (C=O) groups excluding carboxylic acids is 1. The summed E-state index contributed by atoms with van der Waals surface area (Å²) in [5.74, 6) is 5.56. The van der Waals surface area contributed by atoms with Crippen LogP contribution in [-0.4, -0.2) is 31.7 Å². The zero-order valence-corrected chi connectivity index (χ0v) is 17.8. The molecule has 0 saturated heterocycles. The number of nitrogens with two attached hydrogens (primary N) is 1. The van der Waals surface area contributed by atoms with Gasteiger partial charge in [-0.3, -0.25) is 9.78 Å². The quantitative estimate of drug-likeness (QED) is 0.212. The van der Waals surface area contributed by atoms with E-state index in [0.717, 1.165) is 27.9 Å². The summed E-state index contributed by atoms with van der Waals surface area (Å²) in [6.45, 7) is 7.71. The summed E-state index contributed by atoms with van der Waals surface area (Å²) in [4.78, 5) is 36.6. The third kappa shape index (κ3) is 4.42. The molecule has 0 atom stereocenters. The zero-order valence-electron chi connectivity index (χ0n) is 17.8. The van der Waals surface area contributed by atoms with Crippen molar-refractivity contribution in [2.75, 3.05) is 0 Å². The fraction of sp³-hybridized carbons (Fsp3) is 0.130. The maximum absolute atomic E-state index is 12.5. The van der Waals surface area contributed by atoms with Crippen LogP contribution in [0.5, 0.6) is 0 Å². The smallest absolute Gasteiger partial charge is 0.287 e. The van der Waals surface area contributed by atoms with Crippen molar-refractivity contribution in [3.05, 3.63) is 83.8 Å². The van der Waals surface area contributed by atoms with Crippen LogP contribution in [0.1, 0.15) is 34.6 Å². The van der Waals surface area contributed by atoms with Crippen LogP contribution in [0, 0.1) is 6.92 Å². The van der Waals surface area contributed by atoms with E-state index < -0.39 is 0 Å². The summed E-state index contributed by atoms with van der Waals surface area (Å²) in [7, 11) is 0. The minimum atomic E-state index is -0.296. The van der Waals surface area contributed by atoms with Gasteiger partial charge in [0.15, 0.2) is 5.82 Å². The summed E-state index contributed by atoms with van der Waals surface area (Å²) < 4.78 is 0. The molecule has 1 amide bonds. The lowest BCUT2D eigenvalue weighted by atomic mass is 10.1. The predicted molar refractivity (Wildman–Crippen MR) is 123 cm³/mol. The molecule has 0 fully saturated rings. The van der Waals surface area contributed by atoms with E-state index in [0.29, 0.717) is 23.6 Å². The van der Waals surface area contributed by atoms with Crippen molar-refractivity contribution in [2.45, 2.75) is 20.4 Å². The number of imidazole rings is 1. The minimum Gasteiger partial charge on any atom is -0.389 e. The molecule has 0 radical (unpaired) electrons. The molecule has 4 aromatic rings. The van der Waals surface area contributed by atoms with Gasteiger partial charge in [-0.2, -0.15) is 5.90 Å². The van der Waals surface area contributed by atoms with Crippen molar-refractivity contribution in [2.24, 2.45) is 10.9 Å². The molecule has 0 aliphatic heterocycles. The highest BCUT2D eigenvalue weighted by atomic mass is 16.6. The Morgan fingerprint density at radius 2 is 2.09 bits per heavy atom. The van der Waals surface area contributed by atoms with E-state index in [1.54, 1.807) is 13.1 Å². The van der Waals surface area contributed by atoms with Crippen LogP contribution in [-0.2, 0) is 11.4 Å². The number of nitrogens with one attached hydrogen (secondary N) is 3. The Bertz CT molecular complexity index is 1320. The van der Waals surface area contributed by atoms with Crippen LogP contribution < -0.4 is 11.2 Å². The molecule has 0 aliphatic carbocycles. The fourth-order valence-electron chi connectivity index (χ4n) is 3.32. The molecule has 1 aromatic carbocycles. The van der Waals surface area contributed by atoms with Gasteiger partial charge in [0.05, 0.1) is 17.9 Å². The molecule has 32 heavy (non-hydrogen) atoms. The van der Waals surface area contributed by atoms with Crippen molar-refractivity contribution in [3.63, 3.8) is 0 Å². The van der Waals surface area contributed by atoms with Crippen LogP contribution in [0.2, 0.25) is 0 Å². The monoisotopic (exact) mass is 429 g/mol. The number of H-pyrrole nitrogens is 2. The van der Waals surface area contributed by atoms with Crippen molar-refractivity contribution in [1.29, 1.82) is 0 Å². The van der Waals surface area contributed by atoms with E-state index >= 15 is 0 Å². The molecule has 5 N–H and O–H groups in total. The van der Waals surface area contributed by atoms with E-state index in [9.17, 15) is 4.79 Å². The van der Waals surface area contributed by atoms with Gasteiger partial charge in [-0.25, -0.2) is 9.98 Å². The third-order valence-corrected chi connectivity index (χ3v) is 4.78. The summed E-state index contributed by atoms with van der Waals surface area (Å²) in [5, 5.41) is 3.75. The number of benzene rings is 1. The van der Waals surface area contributed by atoms with Gasteiger partial charge in [-0.15, -0.1) is 0 Å². The summed E-state index contributed by atoms with van der Waals surface area (Å²) in [5.41, 5.74) is 5.22. The first-order chi connectivity index (χ1) is 15.4. The van der Waals surface area contributed by atoms with E-state index in [1.807, 2.05) is 49.4 Å². The fourth-order valence-corrected chi connectivity index (χ4v) is 3.32. The van der Waals surface area contributed by atoms with Crippen molar-refractivity contribution in [3.8, 4) is 11.3 Å². The lowest BCUT2D eigenvalue weighted by molar-refractivity contribution is 0.0941. The first-order valence-electron chi connectivity index (χ1n) is 9.93. The van der Waals surface area contributed by atoms with Crippen LogP contribution in [0.25, 0.3) is 22.2 Å². The number of amides is 1. The highest BCUT2D eigenvalue weighted by Gasteiger charge is 2.16. The van der Waals surface area contributed by atoms with Gasteiger partial charge in [0.1, 0.15) is 5.69 Å². The molecular weight excluding hydrogens is 406 g/mol. The molecule has 0 aliphatic rings. The number of rotatable bonds is 6. The molecule has 3 aromatic heterocycles. The van der Waals surface area contributed by atoms with Crippen molar-refractivity contribution in [1.82, 2.24) is 25.3 Å². The molecule has 0 bridgehead atoms. The highest BCUT2D eigenvalue weighted by molar-refractivity contribution is 5.99. The number of pyridine rings is 1. The highest BCUT2D eigenvalue weighted by Crippen LogP contribution is 2.26. The number of nitrogens with zero attached hydrogens (tertiary/aromatic N) is 3. The number of aromatic amines is 2. The topological polar surface area (TPSA) is 134 Å². The summed E-state index contributed by atoms with van der Waals surface area (Å²) in [6.07, 6.45) is 1.69. The van der Waals surface area contributed by atoms with E-state index in [2.05, 4.69) is 36.8 Å². The average molecular weight is 429 g/mol. The Labute approximate surface area is 184 Å². The molecule has 162 valence electrons. The Morgan fingerprint density at radius 3 is 2.81 bits per heavy atom. The average Bonchev–Trinajstić information content (AvgIpc) is 3.39. The van der Waals surface area contributed by atoms with E-state index in [1.165, 1.54) is 0 Å². The lowest BCUT2D eigenvalue weighted by Gasteiger charge is -2.02. The number of hydrogen-bond acceptors (Lipinski definition) is 6. The first kappa shape index (κ1) is 21.0. The van der Waals surface area contributed by atoms with Crippen LogP contribution in [0.3, 0.4) is 0 Å². The summed E-state index contributed by atoms with van der Waals surface area (Å²) in [6, 6.07) is 13.3. The second-order valence-corrected chi connectivity index (χ2v) is 7.32. The lowest BCUT2D eigenvalue weighted by Crippen LogP contribution is -2.24. The summed E-state index contributed by atoms with van der Waals surface area (Å²) >= 11 is 0. The Morgan fingerprint density at radius 1 is 1.25 bits per heavy atom. The molecule has 0 saturated carbocycles. The molecule has 4 rings (SSSR count). The van der Waals surface area contributed by atoms with Gasteiger partial charge in [0.2, 0.25) is 0 Å². The molecule has 9 nitrogen and oxygen atoms in total. The SMILES string of the molecule is C=C(C)/N=C(\ON)c1cc2cc(-c3nc(C(=O)NCc4ccccn4)[nH]c3C)ccc2[nH]1. The van der Waals surface area contributed by atoms with Gasteiger partial charge in [-0.1, -0.05) is 18.7 Å². The van der Waals surface area contributed by atoms with Gasteiger partial charge in [0.25, 0.3) is 11.8 Å². The number of aryl methyl sites for hydroxylation is 1. The van der Waals surface area contributed by atoms with Gasteiger partial charge >= 0.3 is 0 Å². The Kier molecular flexibility index (Phi) is 5.82. The van der Waals surface area contributed by atoms with Crippen molar-refractivity contribution >= 4 is 22.7 Å².